The van der Waals surface area contributed by atoms with Gasteiger partial charge in [-0.3, -0.25) is 4.99 Å². The number of aliphatic imine (C=N–C) groups is 1. The van der Waals surface area contributed by atoms with Crippen molar-refractivity contribution in [2.45, 2.75) is 13.3 Å². The van der Waals surface area contributed by atoms with Crippen molar-refractivity contribution >= 4 is 29.9 Å². The summed E-state index contributed by atoms with van der Waals surface area (Å²) in [6, 6.07) is 18.2. The molecule has 0 aliphatic rings. The first-order valence-electron chi connectivity index (χ1n) is 7.51. The number of guanidine groups is 1. The Bertz CT molecular complexity index is 602. The van der Waals surface area contributed by atoms with E-state index >= 15 is 0 Å². The molecule has 0 saturated carbocycles. The topological polar surface area (TPSA) is 59.6 Å². The predicted octanol–water partition coefficient (Wildman–Crippen LogP) is 3.14. The van der Waals surface area contributed by atoms with Gasteiger partial charge in [0.1, 0.15) is 12.4 Å². The average Bonchev–Trinajstić information content (AvgIpc) is 2.53. The SMILES string of the molecule is Cc1cccc(OCCNC(N)=NCCc2ccccc2)c1.I. The first-order chi connectivity index (χ1) is 10.7. The molecule has 0 unspecified atom stereocenters. The van der Waals surface area contributed by atoms with Gasteiger partial charge in [0.25, 0.3) is 0 Å². The molecule has 0 bridgehead atoms. The summed E-state index contributed by atoms with van der Waals surface area (Å²) in [5.41, 5.74) is 8.28. The highest BCUT2D eigenvalue weighted by Crippen LogP contribution is 2.11. The van der Waals surface area contributed by atoms with Gasteiger partial charge in [0, 0.05) is 6.54 Å². The number of hydrogen-bond acceptors (Lipinski definition) is 2. The summed E-state index contributed by atoms with van der Waals surface area (Å²) >= 11 is 0. The van der Waals surface area contributed by atoms with E-state index in [0.29, 0.717) is 25.7 Å². The van der Waals surface area contributed by atoms with Crippen LogP contribution in [-0.2, 0) is 6.42 Å². The van der Waals surface area contributed by atoms with Crippen LogP contribution < -0.4 is 15.8 Å². The summed E-state index contributed by atoms with van der Waals surface area (Å²) < 4.78 is 5.64. The van der Waals surface area contributed by atoms with Gasteiger partial charge in [-0.1, -0.05) is 42.5 Å². The van der Waals surface area contributed by atoms with Gasteiger partial charge >= 0.3 is 0 Å². The summed E-state index contributed by atoms with van der Waals surface area (Å²) in [4.78, 5) is 4.31. The largest absolute Gasteiger partial charge is 0.492 e. The van der Waals surface area contributed by atoms with Crippen LogP contribution in [-0.4, -0.2) is 25.7 Å². The van der Waals surface area contributed by atoms with Gasteiger partial charge in [0.15, 0.2) is 5.96 Å². The third-order valence-electron chi connectivity index (χ3n) is 3.19. The molecule has 0 amide bonds. The van der Waals surface area contributed by atoms with Gasteiger partial charge < -0.3 is 15.8 Å². The van der Waals surface area contributed by atoms with E-state index in [4.69, 9.17) is 10.5 Å². The molecule has 5 heteroatoms. The number of nitrogens with one attached hydrogen (secondary N) is 1. The molecule has 2 aromatic carbocycles. The van der Waals surface area contributed by atoms with Crippen LogP contribution in [0, 0.1) is 6.92 Å². The Hall–Kier alpha value is -1.76. The predicted molar refractivity (Wildman–Crippen MR) is 107 cm³/mol. The smallest absolute Gasteiger partial charge is 0.188 e. The zero-order valence-electron chi connectivity index (χ0n) is 13.4. The van der Waals surface area contributed by atoms with Crippen LogP contribution in [0.5, 0.6) is 5.75 Å². The lowest BCUT2D eigenvalue weighted by Crippen LogP contribution is -2.34. The van der Waals surface area contributed by atoms with Crippen molar-refractivity contribution in [3.8, 4) is 5.75 Å². The second kappa shape index (κ2) is 10.9. The summed E-state index contributed by atoms with van der Waals surface area (Å²) in [5, 5.41) is 3.06. The van der Waals surface area contributed by atoms with E-state index in [1.54, 1.807) is 0 Å². The first-order valence-corrected chi connectivity index (χ1v) is 7.51. The van der Waals surface area contributed by atoms with Crippen molar-refractivity contribution in [1.82, 2.24) is 5.32 Å². The maximum atomic E-state index is 5.82. The first kappa shape index (κ1) is 19.3. The lowest BCUT2D eigenvalue weighted by molar-refractivity contribution is 0.322. The van der Waals surface area contributed by atoms with Crippen molar-refractivity contribution in [3.05, 3.63) is 65.7 Å². The molecular weight excluding hydrogens is 401 g/mol. The number of aryl methyl sites for hydroxylation is 1. The van der Waals surface area contributed by atoms with Gasteiger partial charge in [-0.2, -0.15) is 0 Å². The van der Waals surface area contributed by atoms with Crippen LogP contribution >= 0.6 is 24.0 Å². The van der Waals surface area contributed by atoms with Gasteiger partial charge in [-0.15, -0.1) is 24.0 Å². The Morgan fingerprint density at radius 3 is 2.65 bits per heavy atom. The Kier molecular flexibility index (Phi) is 9.12. The molecule has 0 aliphatic heterocycles. The second-order valence-corrected chi connectivity index (χ2v) is 5.09. The molecule has 124 valence electrons. The minimum absolute atomic E-state index is 0. The van der Waals surface area contributed by atoms with E-state index in [1.165, 1.54) is 11.1 Å². The lowest BCUT2D eigenvalue weighted by Gasteiger charge is -2.08. The van der Waals surface area contributed by atoms with Crippen molar-refractivity contribution in [1.29, 1.82) is 0 Å². The van der Waals surface area contributed by atoms with E-state index in [1.807, 2.05) is 49.4 Å². The third-order valence-corrected chi connectivity index (χ3v) is 3.19. The summed E-state index contributed by atoms with van der Waals surface area (Å²) in [5.74, 6) is 1.34. The quantitative estimate of drug-likeness (QED) is 0.310. The number of nitrogens with zero attached hydrogens (tertiary/aromatic N) is 1. The molecule has 0 spiro atoms. The molecule has 3 N–H and O–H groups in total. The minimum Gasteiger partial charge on any atom is -0.492 e. The molecule has 0 aliphatic carbocycles. The Labute approximate surface area is 155 Å². The number of hydrogen-bond donors (Lipinski definition) is 2. The number of benzene rings is 2. The van der Waals surface area contributed by atoms with Crippen molar-refractivity contribution in [3.63, 3.8) is 0 Å². The van der Waals surface area contributed by atoms with Gasteiger partial charge in [-0.05, 0) is 36.6 Å². The van der Waals surface area contributed by atoms with Gasteiger partial charge in [0.05, 0.1) is 6.54 Å². The highest BCUT2D eigenvalue weighted by atomic mass is 127. The Balaban J connectivity index is 0.00000264. The maximum Gasteiger partial charge on any atom is 0.188 e. The molecule has 2 aromatic rings. The number of ether oxygens (including phenoxy) is 1. The summed E-state index contributed by atoms with van der Waals surface area (Å²) in [7, 11) is 0. The minimum atomic E-state index is 0. The third kappa shape index (κ3) is 7.88. The van der Waals surface area contributed by atoms with Crippen LogP contribution in [0.15, 0.2) is 59.6 Å². The number of nitrogens with two attached hydrogens (primary N) is 1. The fourth-order valence-corrected chi connectivity index (χ4v) is 2.06. The molecule has 4 nitrogen and oxygen atoms in total. The van der Waals surface area contributed by atoms with Crippen LogP contribution in [0.1, 0.15) is 11.1 Å². The molecule has 0 fully saturated rings. The molecule has 0 radical (unpaired) electrons. The van der Waals surface area contributed by atoms with E-state index in [0.717, 1.165) is 12.2 Å². The number of halogens is 1. The Morgan fingerprint density at radius 2 is 1.91 bits per heavy atom. The van der Waals surface area contributed by atoms with E-state index in [-0.39, 0.29) is 24.0 Å². The standard InChI is InChI=1S/C18H23N3O.HI/c1-15-6-5-9-17(14-15)22-13-12-21-18(19)20-11-10-16-7-3-2-4-8-16;/h2-9,14H,10-13H2,1H3,(H3,19,20,21);1H. The maximum absolute atomic E-state index is 5.82. The molecule has 23 heavy (non-hydrogen) atoms. The van der Waals surface area contributed by atoms with Gasteiger partial charge in [0.2, 0.25) is 0 Å². The van der Waals surface area contributed by atoms with Crippen molar-refractivity contribution in [2.75, 3.05) is 19.7 Å². The summed E-state index contributed by atoms with van der Waals surface area (Å²) in [6.07, 6.45) is 0.892. The average molecular weight is 425 g/mol. The highest BCUT2D eigenvalue weighted by molar-refractivity contribution is 14.0. The fourth-order valence-electron chi connectivity index (χ4n) is 2.06. The van der Waals surface area contributed by atoms with E-state index in [9.17, 15) is 0 Å². The lowest BCUT2D eigenvalue weighted by atomic mass is 10.2. The van der Waals surface area contributed by atoms with Crippen LogP contribution in [0.2, 0.25) is 0 Å². The van der Waals surface area contributed by atoms with Crippen molar-refractivity contribution in [2.24, 2.45) is 10.7 Å². The zero-order chi connectivity index (χ0) is 15.6. The van der Waals surface area contributed by atoms with E-state index < -0.39 is 0 Å². The van der Waals surface area contributed by atoms with Gasteiger partial charge in [-0.25, -0.2) is 0 Å². The van der Waals surface area contributed by atoms with Crippen molar-refractivity contribution < 1.29 is 4.74 Å². The van der Waals surface area contributed by atoms with Crippen LogP contribution in [0.25, 0.3) is 0 Å². The molecular formula is C18H24IN3O. The Morgan fingerprint density at radius 1 is 1.13 bits per heavy atom. The molecule has 0 saturated heterocycles. The highest BCUT2D eigenvalue weighted by Gasteiger charge is 1.95. The van der Waals surface area contributed by atoms with E-state index in [2.05, 4.69) is 22.4 Å². The summed E-state index contributed by atoms with van der Waals surface area (Å²) in [6.45, 7) is 3.91. The second-order valence-electron chi connectivity index (χ2n) is 5.09. The number of rotatable bonds is 7. The molecule has 0 aromatic heterocycles. The van der Waals surface area contributed by atoms with Crippen LogP contribution in [0.3, 0.4) is 0 Å². The monoisotopic (exact) mass is 425 g/mol. The molecule has 0 heterocycles. The molecule has 2 rings (SSSR count). The molecule has 0 atom stereocenters. The zero-order valence-corrected chi connectivity index (χ0v) is 15.7. The van der Waals surface area contributed by atoms with Crippen LogP contribution in [0.4, 0.5) is 0 Å². The fraction of sp³-hybridized carbons (Fsp3) is 0.278. The normalized spacial score (nSPS) is 10.7.